The maximum Gasteiger partial charge on any atom is 0.186 e. The molecular formula is C13H17Cl2N3S. The second kappa shape index (κ2) is 8.35. The van der Waals surface area contributed by atoms with Gasteiger partial charge in [-0.2, -0.15) is 5.10 Å². The summed E-state index contributed by atoms with van der Waals surface area (Å²) in [6, 6.07) is 5.26. The average Bonchev–Trinajstić information content (AvgIpc) is 2.39. The lowest BCUT2D eigenvalue weighted by Crippen LogP contribution is -2.33. The lowest BCUT2D eigenvalue weighted by Gasteiger charge is -2.08. The van der Waals surface area contributed by atoms with Gasteiger partial charge in [-0.3, -0.25) is 5.43 Å². The van der Waals surface area contributed by atoms with Crippen molar-refractivity contribution in [1.29, 1.82) is 0 Å². The second-order valence-electron chi connectivity index (χ2n) is 4.04. The fraction of sp³-hybridized carbons (Fsp3) is 0.385. The highest BCUT2D eigenvalue weighted by atomic mass is 35.5. The normalized spacial score (nSPS) is 11.3. The topological polar surface area (TPSA) is 36.4 Å². The van der Waals surface area contributed by atoms with Crippen LogP contribution in [0.4, 0.5) is 0 Å². The van der Waals surface area contributed by atoms with Crippen LogP contribution in [0.25, 0.3) is 0 Å². The Kier molecular flexibility index (Phi) is 7.13. The summed E-state index contributed by atoms with van der Waals surface area (Å²) in [6.45, 7) is 4.82. The van der Waals surface area contributed by atoms with E-state index >= 15 is 0 Å². The van der Waals surface area contributed by atoms with Crippen LogP contribution in [-0.2, 0) is 0 Å². The van der Waals surface area contributed by atoms with Gasteiger partial charge in [0.15, 0.2) is 5.11 Å². The number of rotatable bonds is 5. The zero-order chi connectivity index (χ0) is 14.3. The van der Waals surface area contributed by atoms with Crippen molar-refractivity contribution in [1.82, 2.24) is 10.7 Å². The Hall–Kier alpha value is -0.840. The number of nitrogens with zero attached hydrogens (tertiary/aromatic N) is 1. The molecule has 0 bridgehead atoms. The largest absolute Gasteiger partial charge is 0.361 e. The molecule has 0 heterocycles. The summed E-state index contributed by atoms with van der Waals surface area (Å²) < 4.78 is 0. The lowest BCUT2D eigenvalue weighted by atomic mass is 10.1. The molecule has 0 atom stereocenters. The fourth-order valence-electron chi connectivity index (χ4n) is 1.39. The molecule has 0 aliphatic heterocycles. The summed E-state index contributed by atoms with van der Waals surface area (Å²) >= 11 is 17.1. The molecule has 1 aromatic rings. The summed E-state index contributed by atoms with van der Waals surface area (Å²) in [7, 11) is 0. The Morgan fingerprint density at radius 3 is 2.79 bits per heavy atom. The number of benzene rings is 1. The predicted octanol–water partition coefficient (Wildman–Crippen LogP) is 3.98. The van der Waals surface area contributed by atoms with Crippen LogP contribution >= 0.6 is 35.4 Å². The van der Waals surface area contributed by atoms with E-state index in [0.717, 1.165) is 30.7 Å². The van der Waals surface area contributed by atoms with E-state index in [2.05, 4.69) is 22.8 Å². The van der Waals surface area contributed by atoms with Crippen LogP contribution in [0, 0.1) is 0 Å². The van der Waals surface area contributed by atoms with Crippen LogP contribution < -0.4 is 10.7 Å². The maximum atomic E-state index is 6.09. The highest BCUT2D eigenvalue weighted by molar-refractivity contribution is 7.80. The van der Waals surface area contributed by atoms with Gasteiger partial charge in [0.25, 0.3) is 0 Å². The number of nitrogens with one attached hydrogen (secondary N) is 2. The molecule has 0 aromatic heterocycles. The third kappa shape index (κ3) is 5.76. The number of hydrogen-bond acceptors (Lipinski definition) is 2. The first-order valence-corrected chi connectivity index (χ1v) is 7.24. The van der Waals surface area contributed by atoms with Gasteiger partial charge in [-0.25, -0.2) is 0 Å². The molecule has 19 heavy (non-hydrogen) atoms. The molecule has 3 nitrogen and oxygen atoms in total. The molecule has 0 amide bonds. The van der Waals surface area contributed by atoms with Crippen LogP contribution in [-0.4, -0.2) is 17.4 Å². The smallest absolute Gasteiger partial charge is 0.186 e. The number of thiocarbonyl (C=S) groups is 1. The van der Waals surface area contributed by atoms with Crippen molar-refractivity contribution < 1.29 is 0 Å². The van der Waals surface area contributed by atoms with E-state index in [9.17, 15) is 0 Å². The Morgan fingerprint density at radius 1 is 1.37 bits per heavy atom. The number of halogens is 2. The number of unbranched alkanes of at least 4 members (excludes halogenated alkanes) is 1. The van der Waals surface area contributed by atoms with Gasteiger partial charge in [0.05, 0.1) is 5.71 Å². The molecule has 1 rings (SSSR count). The highest BCUT2D eigenvalue weighted by Gasteiger charge is 2.05. The molecule has 0 unspecified atom stereocenters. The summed E-state index contributed by atoms with van der Waals surface area (Å²) in [5, 5.41) is 9.00. The van der Waals surface area contributed by atoms with Crippen LogP contribution in [0.3, 0.4) is 0 Å². The summed E-state index contributed by atoms with van der Waals surface area (Å²) in [5.41, 5.74) is 4.31. The predicted molar refractivity (Wildman–Crippen MR) is 87.3 cm³/mol. The highest BCUT2D eigenvalue weighted by Crippen LogP contribution is 2.21. The van der Waals surface area contributed by atoms with Crippen molar-refractivity contribution in [2.45, 2.75) is 26.7 Å². The summed E-state index contributed by atoms with van der Waals surface area (Å²) in [4.78, 5) is 0. The number of hydrogen-bond donors (Lipinski definition) is 2. The molecule has 0 aliphatic carbocycles. The van der Waals surface area contributed by atoms with Crippen LogP contribution in [0.5, 0.6) is 0 Å². The minimum absolute atomic E-state index is 0.506. The Bertz CT molecular complexity index is 475. The van der Waals surface area contributed by atoms with Gasteiger partial charge in [-0.05, 0) is 43.8 Å². The number of hydrazone groups is 1. The van der Waals surface area contributed by atoms with E-state index in [1.54, 1.807) is 18.2 Å². The molecule has 0 saturated heterocycles. The van der Waals surface area contributed by atoms with E-state index in [1.807, 2.05) is 6.92 Å². The van der Waals surface area contributed by atoms with Crippen LogP contribution in [0.1, 0.15) is 32.3 Å². The molecule has 0 radical (unpaired) electrons. The third-order valence-corrected chi connectivity index (χ3v) is 3.26. The van der Waals surface area contributed by atoms with Crippen molar-refractivity contribution in [3.8, 4) is 0 Å². The van der Waals surface area contributed by atoms with Crippen molar-refractivity contribution >= 4 is 46.2 Å². The molecule has 0 aliphatic rings. The Morgan fingerprint density at radius 2 is 2.11 bits per heavy atom. The SMILES string of the molecule is CCCCNC(=S)NN=C(C)c1cc(Cl)ccc1Cl. The van der Waals surface area contributed by atoms with E-state index in [1.165, 1.54) is 0 Å². The molecule has 104 valence electrons. The van der Waals surface area contributed by atoms with Gasteiger partial charge in [0, 0.05) is 22.2 Å². The quantitative estimate of drug-likeness (QED) is 0.373. The minimum atomic E-state index is 0.506. The van der Waals surface area contributed by atoms with Gasteiger partial charge < -0.3 is 5.32 Å². The molecule has 1 aromatic carbocycles. The summed E-state index contributed by atoms with van der Waals surface area (Å²) in [6.07, 6.45) is 2.20. The lowest BCUT2D eigenvalue weighted by molar-refractivity contribution is 0.745. The molecule has 0 saturated carbocycles. The first-order valence-electron chi connectivity index (χ1n) is 6.08. The van der Waals surface area contributed by atoms with Gasteiger partial charge in [0.1, 0.15) is 0 Å². The van der Waals surface area contributed by atoms with E-state index in [4.69, 9.17) is 35.4 Å². The van der Waals surface area contributed by atoms with E-state index < -0.39 is 0 Å². The van der Waals surface area contributed by atoms with Crippen molar-refractivity contribution in [3.05, 3.63) is 33.8 Å². The summed E-state index contributed by atoms with van der Waals surface area (Å²) in [5.74, 6) is 0. The van der Waals surface area contributed by atoms with Crippen molar-refractivity contribution in [3.63, 3.8) is 0 Å². The average molecular weight is 318 g/mol. The van der Waals surface area contributed by atoms with Gasteiger partial charge in [-0.15, -0.1) is 0 Å². The van der Waals surface area contributed by atoms with Crippen molar-refractivity contribution in [2.24, 2.45) is 5.10 Å². The first-order chi connectivity index (χ1) is 9.04. The molecule has 2 N–H and O–H groups in total. The Balaban J connectivity index is 2.61. The fourth-order valence-corrected chi connectivity index (χ4v) is 1.96. The van der Waals surface area contributed by atoms with E-state index in [-0.39, 0.29) is 0 Å². The second-order valence-corrected chi connectivity index (χ2v) is 5.29. The monoisotopic (exact) mass is 317 g/mol. The first kappa shape index (κ1) is 16.2. The molecular weight excluding hydrogens is 301 g/mol. The molecule has 6 heteroatoms. The zero-order valence-electron chi connectivity index (χ0n) is 11.0. The standard InChI is InChI=1S/C13H17Cl2N3S/c1-3-4-7-16-13(19)18-17-9(2)11-8-10(14)5-6-12(11)15/h5-6,8H,3-4,7H2,1-2H3,(H2,16,18,19). The third-order valence-electron chi connectivity index (χ3n) is 2.46. The van der Waals surface area contributed by atoms with Gasteiger partial charge >= 0.3 is 0 Å². The molecule has 0 spiro atoms. The molecule has 0 fully saturated rings. The maximum absolute atomic E-state index is 6.09. The van der Waals surface area contributed by atoms with Crippen LogP contribution in [0.15, 0.2) is 23.3 Å². The zero-order valence-corrected chi connectivity index (χ0v) is 13.3. The van der Waals surface area contributed by atoms with Gasteiger partial charge in [0.2, 0.25) is 0 Å². The van der Waals surface area contributed by atoms with E-state index in [0.29, 0.717) is 15.2 Å². The minimum Gasteiger partial charge on any atom is -0.361 e. The van der Waals surface area contributed by atoms with Crippen molar-refractivity contribution in [2.75, 3.05) is 6.54 Å². The Labute approximate surface area is 129 Å². The van der Waals surface area contributed by atoms with Crippen LogP contribution in [0.2, 0.25) is 10.0 Å². The van der Waals surface area contributed by atoms with Gasteiger partial charge in [-0.1, -0.05) is 36.5 Å².